The van der Waals surface area contributed by atoms with E-state index in [0.717, 1.165) is 48.9 Å². The van der Waals surface area contributed by atoms with Crippen LogP contribution < -0.4 is 61.8 Å². The van der Waals surface area contributed by atoms with Crippen molar-refractivity contribution in [2.24, 2.45) is 0 Å². The van der Waals surface area contributed by atoms with Crippen molar-refractivity contribution in [3.63, 3.8) is 0 Å². The number of carbonyl (C=O) groups excluding carboxylic acids is 3. The second kappa shape index (κ2) is 31.9. The van der Waals surface area contributed by atoms with Crippen LogP contribution in [0, 0.1) is 19.7 Å². The molecule has 2 fully saturated rings. The van der Waals surface area contributed by atoms with Crippen LogP contribution in [0.15, 0.2) is 151 Å². The number of nitrogens with zero attached hydrogens (tertiary/aromatic N) is 8. The maximum Gasteiger partial charge on any atom is 0.253 e. The molecule has 0 atom stereocenters. The molecule has 2 aliphatic heterocycles. The number of rotatable bonds is 17. The zero-order valence-corrected chi connectivity index (χ0v) is 52.9. The summed E-state index contributed by atoms with van der Waals surface area (Å²) in [4.78, 5) is 64.0. The molecule has 5 aromatic carbocycles. The monoisotopic (exact) mass is 1310 g/mol. The first kappa shape index (κ1) is 65.4. The summed E-state index contributed by atoms with van der Waals surface area (Å²) in [7, 11) is 6.45. The van der Waals surface area contributed by atoms with Gasteiger partial charge in [-0.1, -0.05) is 36.4 Å². The first-order chi connectivity index (χ1) is 43.7. The van der Waals surface area contributed by atoms with Gasteiger partial charge in [-0.15, -0.1) is 0 Å². The molecule has 26 heteroatoms. The standard InChI is InChI=1S/2C25H26N6O3S.C14H11BrN4O/c2*1-26-22-16-28-24(15-21(22)29-19-7-5-4-6-18(19)25(32)27-2)30-20-9-8-17(14-23(20)34-3)31-10-12-35(33)13-11-31;1-16-12-8-18-13(15)7-11(12)19-10-6-4-3-5-9(10)14(20)17-2/h2*4-9,14-16H,10-13H2,2-3H3,(H,27,32)(H2,28,29,30);3-8H,2H3,(H,17,20)(H,18,19). The van der Waals surface area contributed by atoms with Gasteiger partial charge in [-0.25, -0.2) is 14.5 Å². The minimum atomic E-state index is -0.740. The first-order valence-electron chi connectivity index (χ1n) is 27.8. The number of hydrogen-bond acceptors (Lipinski definition) is 17. The fraction of sp³-hybridized carbons (Fsp3) is 0.203. The number of ether oxygens (including phenoxy) is 2. The molecule has 0 radical (unpaired) electrons. The molecule has 5 heterocycles. The molecule has 0 spiro atoms. The Hall–Kier alpha value is -10.6. The Bertz CT molecular complexity index is 3900. The van der Waals surface area contributed by atoms with Crippen LogP contribution in [0.4, 0.5) is 85.6 Å². The zero-order chi connectivity index (χ0) is 64.1. The van der Waals surface area contributed by atoms with Gasteiger partial charge in [0.1, 0.15) is 27.7 Å². The van der Waals surface area contributed by atoms with Crippen molar-refractivity contribution < 1.29 is 32.3 Å². The molecule has 2 aliphatic rings. The number of benzene rings is 5. The van der Waals surface area contributed by atoms with Crippen LogP contribution in [0.2, 0.25) is 0 Å². The van der Waals surface area contributed by atoms with E-state index in [9.17, 15) is 22.8 Å². The fourth-order valence-electron chi connectivity index (χ4n) is 9.26. The largest absolute Gasteiger partial charge is 0.494 e. The number of methoxy groups -OCH3 is 2. The van der Waals surface area contributed by atoms with E-state index in [1.54, 1.807) is 108 Å². The van der Waals surface area contributed by atoms with Crippen molar-refractivity contribution >= 4 is 141 Å². The highest BCUT2D eigenvalue weighted by molar-refractivity contribution is 9.10. The minimum absolute atomic E-state index is 0.189. The predicted molar refractivity (Wildman–Crippen MR) is 361 cm³/mol. The van der Waals surface area contributed by atoms with E-state index in [1.165, 1.54) is 18.6 Å². The van der Waals surface area contributed by atoms with Crippen molar-refractivity contribution in [1.29, 1.82) is 0 Å². The van der Waals surface area contributed by atoms with Crippen LogP contribution in [0.1, 0.15) is 31.1 Å². The van der Waals surface area contributed by atoms with E-state index >= 15 is 0 Å². The summed E-state index contributed by atoms with van der Waals surface area (Å²) in [6.45, 7) is 25.2. The summed E-state index contributed by atoms with van der Waals surface area (Å²) >= 11 is 3.27. The number of anilines is 12. The van der Waals surface area contributed by atoms with Crippen molar-refractivity contribution in [2.75, 3.05) is 121 Å². The van der Waals surface area contributed by atoms with E-state index in [0.29, 0.717) is 119 Å². The van der Waals surface area contributed by atoms with Crippen molar-refractivity contribution in [3.05, 3.63) is 202 Å². The lowest BCUT2D eigenvalue weighted by molar-refractivity contribution is 0.0956. The Kier molecular flexibility index (Phi) is 23.2. The van der Waals surface area contributed by atoms with E-state index in [1.807, 2.05) is 54.6 Å². The number of aromatic nitrogens is 3. The molecule has 0 aliphatic carbocycles. The third kappa shape index (κ3) is 16.9. The summed E-state index contributed by atoms with van der Waals surface area (Å²) < 4.78 is 35.2. The Morgan fingerprint density at radius 1 is 0.456 bits per heavy atom. The Morgan fingerprint density at radius 2 is 0.789 bits per heavy atom. The van der Waals surface area contributed by atoms with Gasteiger partial charge in [0, 0.05) is 151 Å². The van der Waals surface area contributed by atoms with Crippen LogP contribution >= 0.6 is 15.9 Å². The van der Waals surface area contributed by atoms with Crippen molar-refractivity contribution in [2.45, 2.75) is 0 Å². The molecular formula is C64H63BrN16O7S2. The molecule has 3 aromatic heterocycles. The normalized spacial score (nSPS) is 12.7. The number of carbonyl (C=O) groups is 3. The quantitative estimate of drug-likeness (QED) is 0.0311. The lowest BCUT2D eigenvalue weighted by atomic mass is 10.1. The Labute approximate surface area is 534 Å². The van der Waals surface area contributed by atoms with Crippen molar-refractivity contribution in [3.8, 4) is 11.5 Å². The first-order valence-corrected chi connectivity index (χ1v) is 31.6. The van der Waals surface area contributed by atoms with E-state index in [-0.39, 0.29) is 17.7 Å². The fourth-order valence-corrected chi connectivity index (χ4v) is 11.7. The molecule has 460 valence electrons. The Balaban J connectivity index is 0.000000181. The molecule has 3 amide bonds. The van der Waals surface area contributed by atoms with E-state index < -0.39 is 21.6 Å². The van der Waals surface area contributed by atoms with Gasteiger partial charge in [0.05, 0.1) is 79.1 Å². The highest BCUT2D eigenvalue weighted by atomic mass is 79.9. The average molecular weight is 1310 g/mol. The zero-order valence-electron chi connectivity index (χ0n) is 49.6. The van der Waals surface area contributed by atoms with E-state index in [2.05, 4.69) is 97.8 Å². The molecule has 2 saturated heterocycles. The molecule has 8 aromatic rings. The van der Waals surface area contributed by atoms with Gasteiger partial charge in [0.15, 0.2) is 0 Å². The number of halogens is 1. The molecule has 0 saturated carbocycles. The highest BCUT2D eigenvalue weighted by Crippen LogP contribution is 2.38. The third-order valence-corrected chi connectivity index (χ3v) is 16.9. The average Bonchev–Trinajstić information content (AvgIpc) is 3.20. The maximum atomic E-state index is 12.2. The molecule has 0 unspecified atom stereocenters. The number of pyridine rings is 3. The summed E-state index contributed by atoms with van der Waals surface area (Å²) in [5, 5.41) is 23.9. The topological polar surface area (TPSA) is 258 Å². The van der Waals surface area contributed by atoms with Crippen LogP contribution in [0.25, 0.3) is 14.5 Å². The number of para-hydroxylation sites is 3. The smallest absolute Gasteiger partial charge is 0.253 e. The van der Waals surface area contributed by atoms with Crippen molar-refractivity contribution in [1.82, 2.24) is 30.9 Å². The van der Waals surface area contributed by atoms with Gasteiger partial charge in [-0.05, 0) is 94.8 Å². The summed E-state index contributed by atoms with van der Waals surface area (Å²) in [6, 6.07) is 38.2. The summed E-state index contributed by atoms with van der Waals surface area (Å²) in [6.07, 6.45) is 4.44. The van der Waals surface area contributed by atoms with Gasteiger partial charge in [-0.3, -0.25) is 37.8 Å². The summed E-state index contributed by atoms with van der Waals surface area (Å²) in [5.41, 5.74) is 9.38. The molecule has 0 bridgehead atoms. The third-order valence-electron chi connectivity index (χ3n) is 14.0. The molecule has 23 nitrogen and oxygen atoms in total. The number of amides is 3. The molecule has 10 rings (SSSR count). The lowest BCUT2D eigenvalue weighted by Gasteiger charge is -2.29. The lowest BCUT2D eigenvalue weighted by Crippen LogP contribution is -2.37. The van der Waals surface area contributed by atoms with Crippen LogP contribution in [-0.4, -0.2) is 126 Å². The predicted octanol–water partition coefficient (Wildman–Crippen LogP) is 11.6. The van der Waals surface area contributed by atoms with Gasteiger partial charge >= 0.3 is 0 Å². The van der Waals surface area contributed by atoms with Crippen LogP contribution in [0.5, 0.6) is 11.5 Å². The van der Waals surface area contributed by atoms with E-state index in [4.69, 9.17) is 29.2 Å². The van der Waals surface area contributed by atoms with Gasteiger partial charge < -0.3 is 61.8 Å². The van der Waals surface area contributed by atoms with Crippen LogP contribution in [0.3, 0.4) is 0 Å². The molecule has 8 N–H and O–H groups in total. The minimum Gasteiger partial charge on any atom is -0.494 e. The highest BCUT2D eigenvalue weighted by Gasteiger charge is 2.21. The second-order valence-electron chi connectivity index (χ2n) is 19.5. The van der Waals surface area contributed by atoms with Gasteiger partial charge in [-0.2, -0.15) is 0 Å². The van der Waals surface area contributed by atoms with Crippen LogP contribution in [-0.2, 0) is 21.6 Å². The molecular weight excluding hydrogens is 1250 g/mol. The van der Waals surface area contributed by atoms with Gasteiger partial charge in [0.25, 0.3) is 17.7 Å². The Morgan fingerprint density at radius 3 is 1.12 bits per heavy atom. The summed E-state index contributed by atoms with van der Waals surface area (Å²) in [5.74, 6) is 4.33. The second-order valence-corrected chi connectivity index (χ2v) is 23.7. The number of nitrogens with one attached hydrogen (secondary N) is 8. The van der Waals surface area contributed by atoms with Gasteiger partial charge in [0.2, 0.25) is 17.1 Å². The molecule has 90 heavy (non-hydrogen) atoms. The maximum absolute atomic E-state index is 12.2. The SMILES string of the molecule is [C-]#[N+]c1cnc(Br)cc1Nc1ccccc1C(=O)NC.[C-]#[N+]c1cnc(Nc2ccc(N3CCS(=O)CC3)cc2OC)cc1Nc1ccccc1C(=O)NC.[C-]#[N+]c1cnc(Nc2ccc(N3CCS(=O)CC3)cc2OC)cc1Nc1ccccc1C(=O)NC. The number of hydrogen-bond donors (Lipinski definition) is 8.